The molecule has 0 aliphatic carbocycles. The molecule has 0 fully saturated rings. The molecule has 4 aromatic rings. The van der Waals surface area contributed by atoms with Crippen LogP contribution in [0.4, 0.5) is 0 Å². The zero-order valence-corrected chi connectivity index (χ0v) is 11.2. The molecule has 5 heterocycles. The second-order valence-corrected chi connectivity index (χ2v) is 5.94. The largest absolute Gasteiger partial charge is 0.292 e. The highest BCUT2D eigenvalue weighted by Crippen LogP contribution is 2.38. The van der Waals surface area contributed by atoms with Crippen molar-refractivity contribution in [3.05, 3.63) is 42.5 Å². The van der Waals surface area contributed by atoms with Crippen LogP contribution in [0.3, 0.4) is 0 Å². The molecule has 5 rings (SSSR count). The normalized spacial score (nSPS) is 15.9. The van der Waals surface area contributed by atoms with Crippen LogP contribution in [0.1, 0.15) is 9.68 Å². The molecule has 0 saturated heterocycles. The van der Waals surface area contributed by atoms with Crippen LogP contribution in [-0.4, -0.2) is 14.5 Å². The first-order valence-electron chi connectivity index (χ1n) is 7.80. The van der Waals surface area contributed by atoms with E-state index in [1.807, 2.05) is 12.1 Å². The van der Waals surface area contributed by atoms with Gasteiger partial charge in [0.1, 0.15) is 6.54 Å². The molecule has 96 valence electrons. The zero-order chi connectivity index (χ0) is 15.8. The molecule has 5 heteroatoms. The van der Waals surface area contributed by atoms with Crippen molar-refractivity contribution >= 4 is 31.8 Å². The maximum Gasteiger partial charge on any atom is 0.292 e. The quantitative estimate of drug-likeness (QED) is 0.409. The third-order valence-electron chi connectivity index (χ3n) is 3.87. The van der Waals surface area contributed by atoms with Gasteiger partial charge in [-0.2, -0.15) is 0 Å². The molecule has 4 nitrogen and oxygen atoms in total. The van der Waals surface area contributed by atoms with Gasteiger partial charge < -0.3 is 0 Å². The Hall–Kier alpha value is -2.27. The van der Waals surface area contributed by atoms with E-state index >= 15 is 0 Å². The summed E-state index contributed by atoms with van der Waals surface area (Å²) in [7, 11) is 0. The monoisotopic (exact) mass is 282 g/mol. The predicted molar refractivity (Wildman–Crippen MR) is 78.6 cm³/mol. The molecule has 0 spiro atoms. The summed E-state index contributed by atoms with van der Waals surface area (Å²) in [4.78, 5) is 9.09. The van der Waals surface area contributed by atoms with Crippen molar-refractivity contribution in [3.8, 4) is 11.4 Å². The maximum atomic E-state index is 8.01. The molecule has 0 amide bonds. The van der Waals surface area contributed by atoms with Gasteiger partial charge in [0.05, 0.1) is 21.4 Å². The van der Waals surface area contributed by atoms with Gasteiger partial charge in [0.25, 0.3) is 5.82 Å². The number of hydrogen-bond donors (Lipinski definition) is 0. The number of fused-ring (bicyclic) bond motifs is 7. The number of nitrogens with zero attached hydrogens (tertiary/aromatic N) is 4. The molecule has 0 saturated carbocycles. The predicted octanol–water partition coefficient (Wildman–Crippen LogP) is 2.50. The number of pyridine rings is 2. The molecule has 1 aliphatic heterocycles. The van der Waals surface area contributed by atoms with E-state index in [0.29, 0.717) is 12.4 Å². The van der Waals surface area contributed by atoms with Gasteiger partial charge in [-0.1, -0.05) is 11.3 Å². The zero-order valence-electron chi connectivity index (χ0n) is 13.4. The van der Waals surface area contributed by atoms with Crippen molar-refractivity contribution < 1.29 is 8.68 Å². The molecule has 4 aromatic heterocycles. The summed E-state index contributed by atoms with van der Waals surface area (Å²) < 4.78 is 28.6. The van der Waals surface area contributed by atoms with Crippen molar-refractivity contribution in [1.29, 1.82) is 0 Å². The third kappa shape index (κ3) is 1.10. The molecular weight excluding hydrogens is 268 g/mol. The second-order valence-electron chi connectivity index (χ2n) is 4.91. The average Bonchev–Trinajstić information content (AvgIpc) is 3.12. The topological polar surface area (TPSA) is 34.6 Å². The van der Waals surface area contributed by atoms with Gasteiger partial charge in [-0.05, 0) is 12.1 Å². The smallest absolute Gasteiger partial charge is 0.264 e. The summed E-state index contributed by atoms with van der Waals surface area (Å²) in [6, 6.07) is 3.90. The lowest BCUT2D eigenvalue weighted by Gasteiger charge is -1.93. The molecule has 20 heavy (non-hydrogen) atoms. The van der Waals surface area contributed by atoms with Crippen LogP contribution in [0.5, 0.6) is 0 Å². The highest BCUT2D eigenvalue weighted by molar-refractivity contribution is 7.25. The summed E-state index contributed by atoms with van der Waals surface area (Å²) in [6.07, 6.45) is 7.04. The minimum Gasteiger partial charge on any atom is -0.264 e. The van der Waals surface area contributed by atoms with E-state index < -0.39 is 6.98 Å². The SMILES string of the molecule is [2H]C([2H])([2H])[n+]1c2n(c3c4ccncc4sc31)Cc1ccncc1-2. The van der Waals surface area contributed by atoms with Gasteiger partial charge in [-0.25, -0.2) is 9.13 Å². The number of aryl methyl sites for hydroxylation is 1. The Balaban J connectivity index is 2.01. The number of aromatic nitrogens is 4. The minimum absolute atomic E-state index is 0.668. The molecule has 1 aliphatic rings. The first-order valence-corrected chi connectivity index (χ1v) is 7.12. The summed E-state index contributed by atoms with van der Waals surface area (Å²) >= 11 is 1.47. The molecule has 0 bridgehead atoms. The first-order chi connectivity index (χ1) is 11.1. The fourth-order valence-corrected chi connectivity index (χ4v) is 4.10. The van der Waals surface area contributed by atoms with Crippen LogP contribution < -0.4 is 4.57 Å². The average molecular weight is 282 g/mol. The van der Waals surface area contributed by atoms with Gasteiger partial charge >= 0.3 is 0 Å². The van der Waals surface area contributed by atoms with Crippen molar-refractivity contribution in [3.63, 3.8) is 0 Å². The van der Waals surface area contributed by atoms with Crippen molar-refractivity contribution in [2.45, 2.75) is 6.54 Å². The third-order valence-corrected chi connectivity index (χ3v) is 4.98. The van der Waals surface area contributed by atoms with E-state index in [0.717, 1.165) is 31.6 Å². The lowest BCUT2D eigenvalue weighted by molar-refractivity contribution is -0.631. The van der Waals surface area contributed by atoms with E-state index in [1.165, 1.54) is 15.9 Å². The number of imidazole rings is 1. The van der Waals surface area contributed by atoms with Gasteiger partial charge in [0.2, 0.25) is 4.83 Å². The van der Waals surface area contributed by atoms with Gasteiger partial charge in [0.15, 0.2) is 5.52 Å². The number of hydrogen-bond acceptors (Lipinski definition) is 3. The summed E-state index contributed by atoms with van der Waals surface area (Å²) in [5.74, 6) is 0.716. The van der Waals surface area contributed by atoms with E-state index in [9.17, 15) is 0 Å². The molecule has 0 atom stereocenters. The highest BCUT2D eigenvalue weighted by atomic mass is 32.1. The molecule has 0 radical (unpaired) electrons. The van der Waals surface area contributed by atoms with Crippen molar-refractivity contribution in [2.24, 2.45) is 6.98 Å². The van der Waals surface area contributed by atoms with E-state index in [-0.39, 0.29) is 0 Å². The van der Waals surface area contributed by atoms with Crippen molar-refractivity contribution in [2.75, 3.05) is 0 Å². The van der Waals surface area contributed by atoms with Crippen molar-refractivity contribution in [1.82, 2.24) is 14.5 Å². The summed E-state index contributed by atoms with van der Waals surface area (Å²) in [5, 5.41) is 1.05. The Labute approximate surface area is 123 Å². The molecular formula is C15H11N4S+. The highest BCUT2D eigenvalue weighted by Gasteiger charge is 2.34. The van der Waals surface area contributed by atoms with Crippen LogP contribution in [0.15, 0.2) is 36.9 Å². The van der Waals surface area contributed by atoms with Crippen LogP contribution in [0.25, 0.3) is 31.8 Å². The second kappa shape index (κ2) is 3.43. The molecule has 0 N–H and O–H groups in total. The standard InChI is InChI=1S/C15H11N4S/c1-18-14-11-6-16-4-2-9(11)8-19(14)13-10-3-5-17-7-12(10)20-15(13)18/h2-7H,8H2,1H3/q+1/i1D3. The van der Waals surface area contributed by atoms with E-state index in [1.54, 1.807) is 24.8 Å². The minimum atomic E-state index is -2.25. The van der Waals surface area contributed by atoms with Crippen LogP contribution in [0, 0.1) is 0 Å². The maximum absolute atomic E-state index is 8.01. The fraction of sp³-hybridized carbons (Fsp3) is 0.133. The van der Waals surface area contributed by atoms with Gasteiger partial charge in [-0.3, -0.25) is 9.97 Å². The summed E-state index contributed by atoms with van der Waals surface area (Å²) in [6.45, 7) is -1.58. The Bertz CT molecular complexity index is 1090. The number of rotatable bonds is 0. The first kappa shape index (κ1) is 8.11. The fourth-order valence-electron chi connectivity index (χ4n) is 3.01. The van der Waals surface area contributed by atoms with Gasteiger partial charge in [-0.15, -0.1) is 0 Å². The Kier molecular flexibility index (Phi) is 1.39. The van der Waals surface area contributed by atoms with Crippen LogP contribution in [0.2, 0.25) is 0 Å². The van der Waals surface area contributed by atoms with E-state index in [4.69, 9.17) is 4.11 Å². The summed E-state index contributed by atoms with van der Waals surface area (Å²) in [5.41, 5.74) is 2.97. The van der Waals surface area contributed by atoms with E-state index in [2.05, 4.69) is 14.5 Å². The van der Waals surface area contributed by atoms with Crippen LogP contribution >= 0.6 is 11.3 Å². The van der Waals surface area contributed by atoms with Crippen LogP contribution in [-0.2, 0) is 13.5 Å². The lowest BCUT2D eigenvalue weighted by atomic mass is 10.2. The Morgan fingerprint density at radius 1 is 1.30 bits per heavy atom. The molecule has 0 unspecified atom stereocenters. The number of thiophene rings is 1. The van der Waals surface area contributed by atoms with Gasteiger partial charge in [0, 0.05) is 35.7 Å². The Morgan fingerprint density at radius 2 is 2.20 bits per heavy atom. The Morgan fingerprint density at radius 3 is 3.15 bits per heavy atom. The molecule has 0 aromatic carbocycles. The lowest BCUT2D eigenvalue weighted by Crippen LogP contribution is -2.28.